The lowest BCUT2D eigenvalue weighted by Crippen LogP contribution is -1.98. The van der Waals surface area contributed by atoms with E-state index in [0.717, 1.165) is 15.4 Å². The van der Waals surface area contributed by atoms with E-state index >= 15 is 0 Å². The Morgan fingerprint density at radius 3 is 2.93 bits per heavy atom. The van der Waals surface area contributed by atoms with E-state index in [1.807, 2.05) is 6.07 Å². The molecule has 2 aromatic rings. The van der Waals surface area contributed by atoms with Gasteiger partial charge in [-0.2, -0.15) is 0 Å². The van der Waals surface area contributed by atoms with Crippen LogP contribution in [0.1, 0.15) is 5.56 Å². The van der Waals surface area contributed by atoms with Crippen molar-refractivity contribution in [1.29, 1.82) is 0 Å². The fraction of sp³-hybridized carbons (Fsp3) is 0.100. The van der Waals surface area contributed by atoms with Crippen LogP contribution in [0.2, 0.25) is 5.02 Å². The number of nitrogens with one attached hydrogen (secondary N) is 1. The largest absolute Gasteiger partial charge is 0.481 e. The number of fused-ring (bicyclic) bond motifs is 1. The van der Waals surface area contributed by atoms with Gasteiger partial charge in [0.1, 0.15) is 0 Å². The minimum atomic E-state index is -0.869. The van der Waals surface area contributed by atoms with E-state index in [2.05, 4.69) is 20.9 Å². The first-order chi connectivity index (χ1) is 7.09. The number of aromatic nitrogens is 1. The average Bonchev–Trinajstić information content (AvgIpc) is 2.56. The summed E-state index contributed by atoms with van der Waals surface area (Å²) in [6.45, 7) is 0. The predicted octanol–water partition coefficient (Wildman–Crippen LogP) is 3.21. The monoisotopic (exact) mass is 287 g/mol. The van der Waals surface area contributed by atoms with Crippen LogP contribution in [0.3, 0.4) is 0 Å². The Kier molecular flexibility index (Phi) is 2.71. The maximum atomic E-state index is 10.6. The number of carboxylic acid groups (broad SMARTS) is 1. The van der Waals surface area contributed by atoms with Gasteiger partial charge in [-0.1, -0.05) is 11.6 Å². The van der Waals surface area contributed by atoms with Crippen LogP contribution in [0.4, 0.5) is 0 Å². The predicted molar refractivity (Wildman–Crippen MR) is 62.3 cm³/mol. The molecule has 0 fully saturated rings. The number of aromatic amines is 1. The highest BCUT2D eigenvalue weighted by molar-refractivity contribution is 9.10. The molecule has 78 valence electrons. The Balaban J connectivity index is 2.67. The van der Waals surface area contributed by atoms with E-state index in [4.69, 9.17) is 16.7 Å². The number of hydrogen-bond donors (Lipinski definition) is 2. The Bertz CT molecular complexity index is 535. The normalized spacial score (nSPS) is 10.8. The molecule has 5 heteroatoms. The standard InChI is InChI=1S/C10H7BrClNO2/c11-6-1-2-7(12)9-5(3-8(14)15)4-13-10(6)9/h1-2,4,13H,3H2,(H,14,15). The van der Waals surface area contributed by atoms with Crippen LogP contribution >= 0.6 is 27.5 Å². The molecule has 15 heavy (non-hydrogen) atoms. The van der Waals surface area contributed by atoms with Gasteiger partial charge in [0.2, 0.25) is 0 Å². The molecule has 2 rings (SSSR count). The first kappa shape index (κ1) is 10.5. The lowest BCUT2D eigenvalue weighted by atomic mass is 10.1. The molecule has 3 nitrogen and oxygen atoms in total. The number of carboxylic acids is 1. The molecular weight excluding hydrogens is 281 g/mol. The van der Waals surface area contributed by atoms with Gasteiger partial charge in [0.05, 0.1) is 17.0 Å². The summed E-state index contributed by atoms with van der Waals surface area (Å²) in [6.07, 6.45) is 1.64. The fourth-order valence-electron chi connectivity index (χ4n) is 1.54. The summed E-state index contributed by atoms with van der Waals surface area (Å²) >= 11 is 9.40. The molecule has 0 saturated heterocycles. The number of carbonyl (C=O) groups is 1. The van der Waals surface area contributed by atoms with Crippen LogP contribution in [-0.2, 0) is 11.2 Å². The molecule has 0 radical (unpaired) electrons. The second-order valence-electron chi connectivity index (χ2n) is 3.16. The average molecular weight is 289 g/mol. The zero-order valence-electron chi connectivity index (χ0n) is 7.55. The van der Waals surface area contributed by atoms with Crippen molar-refractivity contribution in [3.8, 4) is 0 Å². The van der Waals surface area contributed by atoms with Gasteiger partial charge in [-0.15, -0.1) is 0 Å². The fourth-order valence-corrected chi connectivity index (χ4v) is 2.26. The molecule has 1 aromatic carbocycles. The van der Waals surface area contributed by atoms with Crippen molar-refractivity contribution in [1.82, 2.24) is 4.98 Å². The third-order valence-electron chi connectivity index (χ3n) is 2.16. The zero-order valence-corrected chi connectivity index (χ0v) is 9.89. The summed E-state index contributed by atoms with van der Waals surface area (Å²) < 4.78 is 0.874. The van der Waals surface area contributed by atoms with E-state index in [-0.39, 0.29) is 6.42 Å². The van der Waals surface area contributed by atoms with Crippen molar-refractivity contribution in [2.45, 2.75) is 6.42 Å². The molecule has 2 N–H and O–H groups in total. The maximum absolute atomic E-state index is 10.6. The molecule has 1 aromatic heterocycles. The molecule has 0 spiro atoms. The van der Waals surface area contributed by atoms with Gasteiger partial charge in [-0.3, -0.25) is 4.79 Å². The smallest absolute Gasteiger partial charge is 0.307 e. The summed E-state index contributed by atoms with van der Waals surface area (Å²) in [6, 6.07) is 3.57. The van der Waals surface area contributed by atoms with E-state index in [1.165, 1.54) is 0 Å². The molecule has 0 amide bonds. The highest BCUT2D eigenvalue weighted by Crippen LogP contribution is 2.32. The van der Waals surface area contributed by atoms with Crippen LogP contribution in [0.5, 0.6) is 0 Å². The van der Waals surface area contributed by atoms with Gasteiger partial charge in [0, 0.05) is 16.1 Å². The molecule has 0 bridgehead atoms. The maximum Gasteiger partial charge on any atom is 0.307 e. The number of benzene rings is 1. The van der Waals surface area contributed by atoms with Gasteiger partial charge in [0.25, 0.3) is 0 Å². The second-order valence-corrected chi connectivity index (χ2v) is 4.43. The molecule has 0 aliphatic rings. The number of hydrogen-bond acceptors (Lipinski definition) is 1. The quantitative estimate of drug-likeness (QED) is 0.891. The minimum Gasteiger partial charge on any atom is -0.481 e. The summed E-state index contributed by atoms with van der Waals surface area (Å²) in [7, 11) is 0. The van der Waals surface area contributed by atoms with Crippen LogP contribution in [-0.4, -0.2) is 16.1 Å². The molecule has 1 heterocycles. The van der Waals surface area contributed by atoms with Crippen molar-refractivity contribution >= 4 is 44.4 Å². The zero-order chi connectivity index (χ0) is 11.0. The molecule has 0 aliphatic heterocycles. The Morgan fingerprint density at radius 2 is 2.27 bits per heavy atom. The Labute approximate surface area is 99.2 Å². The van der Waals surface area contributed by atoms with Crippen molar-refractivity contribution < 1.29 is 9.90 Å². The van der Waals surface area contributed by atoms with Crippen LogP contribution in [0.25, 0.3) is 10.9 Å². The molecule has 0 unspecified atom stereocenters. The number of halogens is 2. The van der Waals surface area contributed by atoms with E-state index < -0.39 is 5.97 Å². The SMILES string of the molecule is O=C(O)Cc1c[nH]c2c(Br)ccc(Cl)c12. The number of aliphatic carboxylic acids is 1. The van der Waals surface area contributed by atoms with Gasteiger partial charge in [-0.05, 0) is 33.6 Å². The second kappa shape index (κ2) is 3.87. The lowest BCUT2D eigenvalue weighted by molar-refractivity contribution is -0.136. The van der Waals surface area contributed by atoms with Gasteiger partial charge >= 0.3 is 5.97 Å². The van der Waals surface area contributed by atoms with Crippen LogP contribution < -0.4 is 0 Å². The van der Waals surface area contributed by atoms with E-state index in [9.17, 15) is 4.79 Å². The van der Waals surface area contributed by atoms with E-state index in [0.29, 0.717) is 10.6 Å². The summed E-state index contributed by atoms with van der Waals surface area (Å²) in [5, 5.41) is 10.1. The summed E-state index contributed by atoms with van der Waals surface area (Å²) in [5.41, 5.74) is 1.53. The van der Waals surface area contributed by atoms with E-state index in [1.54, 1.807) is 12.3 Å². The van der Waals surface area contributed by atoms with Crippen molar-refractivity contribution in [3.05, 3.63) is 33.4 Å². The van der Waals surface area contributed by atoms with Crippen LogP contribution in [0, 0.1) is 0 Å². The topological polar surface area (TPSA) is 53.1 Å². The summed E-state index contributed by atoms with van der Waals surface area (Å²) in [4.78, 5) is 13.6. The van der Waals surface area contributed by atoms with Crippen molar-refractivity contribution in [2.24, 2.45) is 0 Å². The van der Waals surface area contributed by atoms with Gasteiger partial charge in [-0.25, -0.2) is 0 Å². The first-order valence-corrected chi connectivity index (χ1v) is 5.42. The van der Waals surface area contributed by atoms with Gasteiger partial charge in [0.15, 0.2) is 0 Å². The third kappa shape index (κ3) is 1.87. The molecule has 0 aliphatic carbocycles. The Morgan fingerprint density at radius 1 is 1.53 bits per heavy atom. The Hall–Kier alpha value is -1.00. The van der Waals surface area contributed by atoms with Crippen molar-refractivity contribution in [3.63, 3.8) is 0 Å². The minimum absolute atomic E-state index is 0.0316. The highest BCUT2D eigenvalue weighted by Gasteiger charge is 2.12. The first-order valence-electron chi connectivity index (χ1n) is 4.25. The van der Waals surface area contributed by atoms with Crippen molar-refractivity contribution in [2.75, 3.05) is 0 Å². The number of rotatable bonds is 2. The number of H-pyrrole nitrogens is 1. The third-order valence-corrected chi connectivity index (χ3v) is 3.13. The summed E-state index contributed by atoms with van der Waals surface area (Å²) in [5.74, 6) is -0.869. The lowest BCUT2D eigenvalue weighted by Gasteiger charge is -1.99. The van der Waals surface area contributed by atoms with Crippen LogP contribution in [0.15, 0.2) is 22.8 Å². The molecule has 0 saturated carbocycles. The molecule has 0 atom stereocenters. The molecular formula is C10H7BrClNO2. The highest BCUT2D eigenvalue weighted by atomic mass is 79.9. The van der Waals surface area contributed by atoms with Gasteiger partial charge < -0.3 is 10.1 Å².